The van der Waals surface area contributed by atoms with Crippen molar-refractivity contribution in [3.05, 3.63) is 87.6 Å². The van der Waals surface area contributed by atoms with E-state index in [0.29, 0.717) is 21.2 Å². The number of rotatable bonds is 5. The van der Waals surface area contributed by atoms with E-state index in [0.717, 1.165) is 5.03 Å². The summed E-state index contributed by atoms with van der Waals surface area (Å²) >= 11 is 7.15. The van der Waals surface area contributed by atoms with Crippen molar-refractivity contribution in [2.75, 3.05) is 5.32 Å². The van der Waals surface area contributed by atoms with Crippen molar-refractivity contribution in [3.63, 3.8) is 0 Å². The highest BCUT2D eigenvalue weighted by Crippen LogP contribution is 2.31. The molecule has 0 spiro atoms. The minimum Gasteiger partial charge on any atom is -0.322 e. The maximum absolute atomic E-state index is 12.3. The number of aromatic nitrogens is 1. The van der Waals surface area contributed by atoms with Gasteiger partial charge in [-0.2, -0.15) is 0 Å². The third kappa shape index (κ3) is 4.59. The molecule has 6 nitrogen and oxygen atoms in total. The van der Waals surface area contributed by atoms with Gasteiger partial charge in [0.2, 0.25) is 5.03 Å². The number of halogens is 1. The lowest BCUT2D eigenvalue weighted by Gasteiger charge is -2.07. The van der Waals surface area contributed by atoms with Crippen LogP contribution in [0.4, 0.5) is 11.4 Å². The van der Waals surface area contributed by atoms with Gasteiger partial charge in [-0.1, -0.05) is 11.6 Å². The highest BCUT2D eigenvalue weighted by molar-refractivity contribution is 7.99. The van der Waals surface area contributed by atoms with Gasteiger partial charge in [0.15, 0.2) is 6.20 Å². The van der Waals surface area contributed by atoms with Crippen LogP contribution < -0.4 is 10.3 Å². The summed E-state index contributed by atoms with van der Waals surface area (Å²) in [4.78, 5) is 26.7. The second-order valence-corrected chi connectivity index (χ2v) is 6.81. The predicted molar refractivity (Wildman–Crippen MR) is 99.6 cm³/mol. The monoisotopic (exact) mass is 386 g/mol. The van der Waals surface area contributed by atoms with Gasteiger partial charge >= 0.3 is 0 Å². The first-order chi connectivity index (χ1) is 12.5. The zero-order chi connectivity index (χ0) is 18.5. The Morgan fingerprint density at radius 3 is 2.54 bits per heavy atom. The van der Waals surface area contributed by atoms with Crippen LogP contribution in [0, 0.1) is 10.1 Å². The molecule has 3 rings (SSSR count). The first-order valence-electron chi connectivity index (χ1n) is 7.52. The third-order valence-electron chi connectivity index (χ3n) is 3.37. The number of nitrogens with one attached hydrogen (secondary N) is 2. The molecular formula is C18H13ClN3O3S+. The number of carbonyl (C=O) groups is 1. The van der Waals surface area contributed by atoms with Crippen LogP contribution >= 0.6 is 23.4 Å². The zero-order valence-electron chi connectivity index (χ0n) is 13.3. The lowest BCUT2D eigenvalue weighted by atomic mass is 10.2. The van der Waals surface area contributed by atoms with E-state index in [-0.39, 0.29) is 11.6 Å². The number of carbonyl (C=O) groups excluding carboxylic acids is 1. The Morgan fingerprint density at radius 1 is 1.12 bits per heavy atom. The second kappa shape index (κ2) is 7.99. The lowest BCUT2D eigenvalue weighted by Crippen LogP contribution is -2.12. The number of hydrogen-bond donors (Lipinski definition) is 1. The van der Waals surface area contributed by atoms with E-state index in [1.807, 2.05) is 18.2 Å². The number of anilines is 1. The van der Waals surface area contributed by atoms with E-state index >= 15 is 0 Å². The molecule has 3 aromatic rings. The average molecular weight is 387 g/mol. The summed E-state index contributed by atoms with van der Waals surface area (Å²) < 4.78 is 0. The van der Waals surface area contributed by atoms with Crippen molar-refractivity contribution in [1.82, 2.24) is 0 Å². The van der Waals surface area contributed by atoms with Gasteiger partial charge in [0.1, 0.15) is 0 Å². The fourth-order valence-electron chi connectivity index (χ4n) is 2.19. The highest BCUT2D eigenvalue weighted by Gasteiger charge is 2.15. The largest absolute Gasteiger partial charge is 0.322 e. The van der Waals surface area contributed by atoms with Crippen LogP contribution in [0.5, 0.6) is 0 Å². The number of H-pyrrole nitrogens is 1. The topological polar surface area (TPSA) is 86.4 Å². The molecule has 2 aromatic carbocycles. The number of pyridine rings is 1. The Kier molecular flexibility index (Phi) is 5.50. The van der Waals surface area contributed by atoms with Crippen molar-refractivity contribution in [2.45, 2.75) is 9.92 Å². The molecule has 26 heavy (non-hydrogen) atoms. The SMILES string of the molecule is O=C(Nc1cc(Sc2cccc[nH+]2)cc([N+](=O)[O-])c1)c1ccc(Cl)cc1. The molecule has 8 heteroatoms. The molecule has 0 unspecified atom stereocenters. The summed E-state index contributed by atoms with van der Waals surface area (Å²) in [7, 11) is 0. The summed E-state index contributed by atoms with van der Waals surface area (Å²) in [6, 6.07) is 16.4. The molecule has 1 amide bonds. The number of nitrogens with zero attached hydrogens (tertiary/aromatic N) is 1. The maximum Gasteiger partial charge on any atom is 0.272 e. The van der Waals surface area contributed by atoms with E-state index in [9.17, 15) is 14.9 Å². The molecule has 0 bridgehead atoms. The normalized spacial score (nSPS) is 10.3. The van der Waals surface area contributed by atoms with E-state index < -0.39 is 4.92 Å². The van der Waals surface area contributed by atoms with Crippen LogP contribution in [-0.4, -0.2) is 10.8 Å². The summed E-state index contributed by atoms with van der Waals surface area (Å²) in [5.74, 6) is -0.371. The van der Waals surface area contributed by atoms with Crippen LogP contribution in [0.1, 0.15) is 10.4 Å². The van der Waals surface area contributed by atoms with E-state index in [2.05, 4.69) is 10.3 Å². The van der Waals surface area contributed by atoms with Gasteiger partial charge in [-0.15, -0.1) is 0 Å². The number of amides is 1. The number of hydrogen-bond acceptors (Lipinski definition) is 4. The molecule has 1 heterocycles. The van der Waals surface area contributed by atoms with Crippen molar-refractivity contribution >= 4 is 40.6 Å². The molecule has 0 saturated carbocycles. The van der Waals surface area contributed by atoms with Gasteiger partial charge in [-0.3, -0.25) is 14.9 Å². The van der Waals surface area contributed by atoms with Gasteiger partial charge in [0, 0.05) is 45.4 Å². The van der Waals surface area contributed by atoms with Crippen molar-refractivity contribution in [3.8, 4) is 0 Å². The van der Waals surface area contributed by atoms with E-state index in [1.165, 1.54) is 23.9 Å². The van der Waals surface area contributed by atoms with Crippen LogP contribution in [0.15, 0.2) is 76.8 Å². The average Bonchev–Trinajstić information content (AvgIpc) is 2.63. The number of nitro groups is 1. The number of benzene rings is 2. The molecule has 2 N–H and O–H groups in total. The Bertz CT molecular complexity index is 950. The quantitative estimate of drug-likeness (QED) is 0.517. The third-order valence-corrected chi connectivity index (χ3v) is 4.57. The van der Waals surface area contributed by atoms with Crippen molar-refractivity contribution < 1.29 is 14.7 Å². The van der Waals surface area contributed by atoms with Gasteiger partial charge < -0.3 is 5.32 Å². The van der Waals surface area contributed by atoms with E-state index in [1.54, 1.807) is 36.5 Å². The molecule has 0 radical (unpaired) electrons. The lowest BCUT2D eigenvalue weighted by molar-refractivity contribution is -0.426. The minimum absolute atomic E-state index is 0.0997. The van der Waals surface area contributed by atoms with Gasteiger partial charge in [-0.05, 0) is 48.2 Å². The first-order valence-corrected chi connectivity index (χ1v) is 8.72. The molecule has 0 saturated heterocycles. The van der Waals surface area contributed by atoms with Crippen molar-refractivity contribution in [2.24, 2.45) is 0 Å². The number of aromatic amines is 1. The first kappa shape index (κ1) is 17.9. The van der Waals surface area contributed by atoms with E-state index in [4.69, 9.17) is 11.6 Å². The molecule has 0 aliphatic rings. The molecule has 0 aliphatic heterocycles. The second-order valence-electron chi connectivity index (χ2n) is 5.26. The summed E-state index contributed by atoms with van der Waals surface area (Å²) in [5.41, 5.74) is 0.654. The Labute approximate surface area is 158 Å². The smallest absolute Gasteiger partial charge is 0.272 e. The molecule has 0 aliphatic carbocycles. The van der Waals surface area contributed by atoms with Crippen molar-refractivity contribution in [1.29, 1.82) is 0 Å². The van der Waals surface area contributed by atoms with Crippen LogP contribution in [0.25, 0.3) is 0 Å². The van der Waals surface area contributed by atoms with Crippen LogP contribution in [-0.2, 0) is 0 Å². The molecule has 0 atom stereocenters. The maximum atomic E-state index is 12.3. The molecule has 0 fully saturated rings. The number of nitro benzene ring substituents is 1. The Balaban J connectivity index is 1.87. The summed E-state index contributed by atoms with van der Waals surface area (Å²) in [6.45, 7) is 0. The van der Waals surface area contributed by atoms with Gasteiger partial charge in [0.25, 0.3) is 11.6 Å². The minimum atomic E-state index is -0.489. The molecule has 1 aromatic heterocycles. The summed E-state index contributed by atoms with van der Waals surface area (Å²) in [6.07, 6.45) is 1.77. The molecule has 130 valence electrons. The predicted octanol–water partition coefficient (Wildman–Crippen LogP) is 4.47. The standard InChI is InChI=1S/C18H12ClN3O3S/c19-13-6-4-12(5-7-13)18(23)21-14-9-15(22(24)25)11-16(10-14)26-17-3-1-2-8-20-17/h1-11H,(H,21,23)/p+1. The fraction of sp³-hybridized carbons (Fsp3) is 0. The van der Waals surface area contributed by atoms with Crippen LogP contribution in [0.2, 0.25) is 5.02 Å². The fourth-order valence-corrected chi connectivity index (χ4v) is 3.21. The highest BCUT2D eigenvalue weighted by atomic mass is 35.5. The summed E-state index contributed by atoms with van der Waals surface area (Å²) in [5, 5.41) is 15.2. The molecular weight excluding hydrogens is 374 g/mol. The Hall–Kier alpha value is -2.90. The number of non-ortho nitro benzene ring substituents is 1. The zero-order valence-corrected chi connectivity index (χ0v) is 14.9. The van der Waals surface area contributed by atoms with Gasteiger partial charge in [0.05, 0.1) is 4.92 Å². The van der Waals surface area contributed by atoms with Gasteiger partial charge in [-0.25, -0.2) is 4.98 Å². The Morgan fingerprint density at radius 2 is 1.88 bits per heavy atom. The van der Waals surface area contributed by atoms with Crippen LogP contribution in [0.3, 0.4) is 0 Å².